The van der Waals surface area contributed by atoms with E-state index >= 15 is 0 Å². The van der Waals surface area contributed by atoms with Crippen molar-refractivity contribution < 1.29 is 9.53 Å². The predicted molar refractivity (Wildman–Crippen MR) is 90.0 cm³/mol. The first-order chi connectivity index (χ1) is 11.2. The minimum Gasteiger partial charge on any atom is -0.492 e. The summed E-state index contributed by atoms with van der Waals surface area (Å²) in [6.45, 7) is 3.30. The predicted octanol–water partition coefficient (Wildman–Crippen LogP) is 2.58. The standard InChI is InChI=1S/C16H18N4O2S/c1-12-2-4-14(5-3-12)22-8-6-17-15(21)18-10-13-11-20-7-9-23-16(20)19-13/h2-5,7,9,11H,6,8,10H2,1H3,(H2,17,18,21). The van der Waals surface area contributed by atoms with Gasteiger partial charge in [0.05, 0.1) is 18.8 Å². The van der Waals surface area contributed by atoms with Gasteiger partial charge in [0.25, 0.3) is 0 Å². The Kier molecular flexibility index (Phi) is 4.77. The van der Waals surface area contributed by atoms with Gasteiger partial charge in [0, 0.05) is 17.8 Å². The van der Waals surface area contributed by atoms with Crippen LogP contribution < -0.4 is 15.4 Å². The number of thiazole rings is 1. The van der Waals surface area contributed by atoms with Gasteiger partial charge in [-0.05, 0) is 19.1 Å². The third-order valence-corrected chi connectivity index (χ3v) is 4.02. The van der Waals surface area contributed by atoms with Gasteiger partial charge in [0.1, 0.15) is 12.4 Å². The van der Waals surface area contributed by atoms with E-state index in [1.54, 1.807) is 11.3 Å². The topological polar surface area (TPSA) is 67.7 Å². The Labute approximate surface area is 138 Å². The number of carbonyl (C=O) groups is 1. The molecular weight excluding hydrogens is 312 g/mol. The molecule has 0 saturated carbocycles. The highest BCUT2D eigenvalue weighted by atomic mass is 32.1. The first kappa shape index (κ1) is 15.4. The Morgan fingerprint density at radius 2 is 2.13 bits per heavy atom. The average Bonchev–Trinajstić information content (AvgIpc) is 3.12. The molecule has 2 heterocycles. The summed E-state index contributed by atoms with van der Waals surface area (Å²) in [4.78, 5) is 17.0. The van der Waals surface area contributed by atoms with Gasteiger partial charge in [-0.25, -0.2) is 9.78 Å². The zero-order valence-corrected chi connectivity index (χ0v) is 13.6. The fourth-order valence-corrected chi connectivity index (χ4v) is 2.78. The second-order valence-corrected chi connectivity index (χ2v) is 5.97. The monoisotopic (exact) mass is 330 g/mol. The molecule has 2 amide bonds. The molecule has 0 bridgehead atoms. The second-order valence-electron chi connectivity index (χ2n) is 5.10. The summed E-state index contributed by atoms with van der Waals surface area (Å²) in [7, 11) is 0. The molecule has 3 rings (SSSR count). The number of rotatable bonds is 6. The molecule has 3 aromatic rings. The zero-order valence-electron chi connectivity index (χ0n) is 12.8. The molecule has 23 heavy (non-hydrogen) atoms. The van der Waals surface area contributed by atoms with Crippen molar-refractivity contribution in [3.8, 4) is 5.75 Å². The summed E-state index contributed by atoms with van der Waals surface area (Å²) in [5.74, 6) is 0.802. The Morgan fingerprint density at radius 1 is 1.30 bits per heavy atom. The maximum absolute atomic E-state index is 11.7. The smallest absolute Gasteiger partial charge is 0.315 e. The Morgan fingerprint density at radius 3 is 2.91 bits per heavy atom. The third kappa shape index (κ3) is 4.23. The summed E-state index contributed by atoms with van der Waals surface area (Å²) < 4.78 is 7.49. The lowest BCUT2D eigenvalue weighted by Gasteiger charge is -2.08. The summed E-state index contributed by atoms with van der Waals surface area (Å²) >= 11 is 1.56. The van der Waals surface area contributed by atoms with E-state index < -0.39 is 0 Å². The number of nitrogens with zero attached hydrogens (tertiary/aromatic N) is 2. The fraction of sp³-hybridized carbons (Fsp3) is 0.250. The Hall–Kier alpha value is -2.54. The number of fused-ring (bicyclic) bond motifs is 1. The molecule has 0 aliphatic heterocycles. The molecule has 0 aliphatic carbocycles. The number of urea groups is 1. The zero-order chi connectivity index (χ0) is 16.1. The van der Waals surface area contributed by atoms with Gasteiger partial charge in [0.15, 0.2) is 4.96 Å². The maximum Gasteiger partial charge on any atom is 0.315 e. The minimum absolute atomic E-state index is 0.228. The molecule has 0 fully saturated rings. The van der Waals surface area contributed by atoms with Crippen LogP contribution in [0.3, 0.4) is 0 Å². The van der Waals surface area contributed by atoms with Crippen LogP contribution in [0.2, 0.25) is 0 Å². The SMILES string of the molecule is Cc1ccc(OCCNC(=O)NCc2cn3ccsc3n2)cc1. The minimum atomic E-state index is -0.228. The lowest BCUT2D eigenvalue weighted by molar-refractivity contribution is 0.236. The molecule has 0 spiro atoms. The van der Waals surface area contributed by atoms with Crippen LogP contribution in [-0.4, -0.2) is 28.6 Å². The number of aromatic nitrogens is 2. The number of benzene rings is 1. The van der Waals surface area contributed by atoms with Crippen LogP contribution in [0.25, 0.3) is 4.96 Å². The quantitative estimate of drug-likeness (QED) is 0.683. The first-order valence-corrected chi connectivity index (χ1v) is 8.21. The molecule has 2 N–H and O–H groups in total. The van der Waals surface area contributed by atoms with Crippen LogP contribution in [0.1, 0.15) is 11.3 Å². The van der Waals surface area contributed by atoms with E-state index in [1.165, 1.54) is 5.56 Å². The van der Waals surface area contributed by atoms with Crippen LogP contribution in [0.15, 0.2) is 42.0 Å². The Bertz CT molecular complexity index is 750. The van der Waals surface area contributed by atoms with E-state index in [0.717, 1.165) is 16.4 Å². The molecule has 0 saturated heterocycles. The maximum atomic E-state index is 11.7. The van der Waals surface area contributed by atoms with Gasteiger partial charge in [-0.1, -0.05) is 17.7 Å². The van der Waals surface area contributed by atoms with Gasteiger partial charge >= 0.3 is 6.03 Å². The van der Waals surface area contributed by atoms with E-state index in [-0.39, 0.29) is 6.03 Å². The number of aryl methyl sites for hydroxylation is 1. The number of imidazole rings is 1. The second kappa shape index (κ2) is 7.15. The van der Waals surface area contributed by atoms with Crippen LogP contribution in [0.4, 0.5) is 4.79 Å². The molecule has 0 radical (unpaired) electrons. The number of hydrogen-bond donors (Lipinski definition) is 2. The van der Waals surface area contributed by atoms with Crippen molar-refractivity contribution in [3.63, 3.8) is 0 Å². The van der Waals surface area contributed by atoms with Gasteiger partial charge in [-0.2, -0.15) is 0 Å². The summed E-state index contributed by atoms with van der Waals surface area (Å²) in [5.41, 5.74) is 2.02. The molecule has 0 atom stereocenters. The van der Waals surface area contributed by atoms with Crippen molar-refractivity contribution in [1.29, 1.82) is 0 Å². The molecule has 1 aromatic carbocycles. The Balaban J connectivity index is 1.34. The van der Waals surface area contributed by atoms with Crippen molar-refractivity contribution in [2.75, 3.05) is 13.2 Å². The van der Waals surface area contributed by atoms with E-state index in [9.17, 15) is 4.79 Å². The summed E-state index contributed by atoms with van der Waals surface area (Å²) in [5, 5.41) is 7.51. The lowest BCUT2D eigenvalue weighted by Crippen LogP contribution is -2.37. The normalized spacial score (nSPS) is 10.7. The fourth-order valence-electron chi connectivity index (χ4n) is 2.06. The number of carbonyl (C=O) groups excluding carboxylic acids is 1. The lowest BCUT2D eigenvalue weighted by atomic mass is 10.2. The van der Waals surface area contributed by atoms with Gasteiger partial charge in [0.2, 0.25) is 0 Å². The van der Waals surface area contributed by atoms with Crippen LogP contribution >= 0.6 is 11.3 Å². The number of nitrogens with one attached hydrogen (secondary N) is 2. The summed E-state index contributed by atoms with van der Waals surface area (Å²) in [6, 6.07) is 7.59. The largest absolute Gasteiger partial charge is 0.492 e. The number of hydrogen-bond acceptors (Lipinski definition) is 4. The number of amides is 2. The van der Waals surface area contributed by atoms with E-state index in [1.807, 2.05) is 53.4 Å². The van der Waals surface area contributed by atoms with Crippen molar-refractivity contribution in [1.82, 2.24) is 20.0 Å². The van der Waals surface area contributed by atoms with Gasteiger partial charge < -0.3 is 15.4 Å². The molecule has 2 aromatic heterocycles. The molecule has 0 unspecified atom stereocenters. The summed E-state index contributed by atoms with van der Waals surface area (Å²) in [6.07, 6.45) is 3.85. The van der Waals surface area contributed by atoms with Gasteiger partial charge in [-0.15, -0.1) is 11.3 Å². The first-order valence-electron chi connectivity index (χ1n) is 7.33. The van der Waals surface area contributed by atoms with Crippen LogP contribution in [-0.2, 0) is 6.54 Å². The highest BCUT2D eigenvalue weighted by molar-refractivity contribution is 7.15. The van der Waals surface area contributed by atoms with Crippen LogP contribution in [0.5, 0.6) is 5.75 Å². The van der Waals surface area contributed by atoms with Crippen molar-refractivity contribution in [3.05, 3.63) is 53.3 Å². The van der Waals surface area contributed by atoms with E-state index in [0.29, 0.717) is 19.7 Å². The highest BCUT2D eigenvalue weighted by Gasteiger charge is 2.04. The number of ether oxygens (including phenoxy) is 1. The van der Waals surface area contributed by atoms with Crippen molar-refractivity contribution >= 4 is 22.3 Å². The van der Waals surface area contributed by atoms with E-state index in [2.05, 4.69) is 15.6 Å². The molecule has 6 nitrogen and oxygen atoms in total. The molecular formula is C16H18N4O2S. The highest BCUT2D eigenvalue weighted by Crippen LogP contribution is 2.11. The molecule has 7 heteroatoms. The van der Waals surface area contributed by atoms with Crippen molar-refractivity contribution in [2.45, 2.75) is 13.5 Å². The van der Waals surface area contributed by atoms with E-state index in [4.69, 9.17) is 4.74 Å². The average molecular weight is 330 g/mol. The third-order valence-electron chi connectivity index (χ3n) is 3.25. The molecule has 0 aliphatic rings. The van der Waals surface area contributed by atoms with Gasteiger partial charge in [-0.3, -0.25) is 4.40 Å². The molecule has 120 valence electrons. The van der Waals surface area contributed by atoms with Crippen molar-refractivity contribution in [2.24, 2.45) is 0 Å². The van der Waals surface area contributed by atoms with Crippen LogP contribution in [0, 0.1) is 6.92 Å².